The summed E-state index contributed by atoms with van der Waals surface area (Å²) in [6, 6.07) is 70.9. The van der Waals surface area contributed by atoms with Crippen molar-refractivity contribution < 1.29 is 8.83 Å². The third-order valence-corrected chi connectivity index (χ3v) is 10.9. The standard InChI is InChI=1S/C52H33NO2/c1-2-12-36(13-3-1)43-21-10-22-46-47-23-11-24-48(52(47)55-51(43)46)53(40-17-8-16-38(32-40)42-20-9-15-35-14-4-5-18-41(35)42)39-29-26-34(27-30-39)37-28-31-45-44-19-6-7-25-49(44)54-50(45)33-37/h1-33H. The molecule has 0 aliphatic rings. The van der Waals surface area contributed by atoms with E-state index in [2.05, 4.69) is 187 Å². The molecule has 2 aromatic heterocycles. The van der Waals surface area contributed by atoms with Gasteiger partial charge in [0.25, 0.3) is 0 Å². The molecule has 3 nitrogen and oxygen atoms in total. The van der Waals surface area contributed by atoms with E-state index < -0.39 is 0 Å². The van der Waals surface area contributed by atoms with E-state index in [0.717, 1.165) is 88.8 Å². The van der Waals surface area contributed by atoms with Crippen molar-refractivity contribution >= 4 is 71.7 Å². The van der Waals surface area contributed by atoms with Gasteiger partial charge in [-0.15, -0.1) is 0 Å². The van der Waals surface area contributed by atoms with E-state index in [9.17, 15) is 0 Å². The fourth-order valence-corrected chi connectivity index (χ4v) is 8.25. The highest BCUT2D eigenvalue weighted by Crippen LogP contribution is 2.45. The lowest BCUT2D eigenvalue weighted by molar-refractivity contribution is 0.669. The van der Waals surface area contributed by atoms with Crippen molar-refractivity contribution in [2.24, 2.45) is 0 Å². The molecule has 2 heterocycles. The van der Waals surface area contributed by atoms with E-state index in [1.807, 2.05) is 18.2 Å². The average Bonchev–Trinajstić information content (AvgIpc) is 3.83. The van der Waals surface area contributed by atoms with Crippen LogP contribution in [0.4, 0.5) is 17.1 Å². The number of para-hydroxylation sites is 3. The Morgan fingerprint density at radius 1 is 0.309 bits per heavy atom. The number of rotatable bonds is 6. The summed E-state index contributed by atoms with van der Waals surface area (Å²) in [5, 5.41) is 6.89. The Morgan fingerprint density at radius 2 is 0.945 bits per heavy atom. The summed E-state index contributed by atoms with van der Waals surface area (Å²) in [7, 11) is 0. The van der Waals surface area contributed by atoms with Crippen LogP contribution in [-0.4, -0.2) is 0 Å². The lowest BCUT2D eigenvalue weighted by Crippen LogP contribution is -2.10. The fourth-order valence-electron chi connectivity index (χ4n) is 8.25. The number of furan rings is 2. The molecule has 0 atom stereocenters. The Kier molecular flexibility index (Phi) is 7.17. The van der Waals surface area contributed by atoms with Crippen LogP contribution in [0.25, 0.3) is 88.0 Å². The van der Waals surface area contributed by atoms with Crippen molar-refractivity contribution in [3.8, 4) is 33.4 Å². The molecule has 11 rings (SSSR count). The summed E-state index contributed by atoms with van der Waals surface area (Å²) >= 11 is 0. The second-order valence-electron chi connectivity index (χ2n) is 14.1. The Labute approximate surface area is 317 Å². The van der Waals surface area contributed by atoms with E-state index in [1.165, 1.54) is 16.3 Å². The molecule has 55 heavy (non-hydrogen) atoms. The molecule has 0 radical (unpaired) electrons. The number of anilines is 3. The Balaban J connectivity index is 1.09. The molecular formula is C52H33NO2. The molecule has 0 unspecified atom stereocenters. The van der Waals surface area contributed by atoms with Gasteiger partial charge in [0.15, 0.2) is 5.58 Å². The summed E-state index contributed by atoms with van der Waals surface area (Å²) < 4.78 is 13.2. The molecular weight excluding hydrogens is 671 g/mol. The summed E-state index contributed by atoms with van der Waals surface area (Å²) in [6.07, 6.45) is 0. The zero-order valence-corrected chi connectivity index (χ0v) is 29.8. The maximum atomic E-state index is 6.97. The predicted molar refractivity (Wildman–Crippen MR) is 229 cm³/mol. The van der Waals surface area contributed by atoms with Crippen molar-refractivity contribution in [2.45, 2.75) is 0 Å². The maximum Gasteiger partial charge on any atom is 0.159 e. The van der Waals surface area contributed by atoms with Crippen molar-refractivity contribution in [3.63, 3.8) is 0 Å². The van der Waals surface area contributed by atoms with Crippen LogP contribution < -0.4 is 4.90 Å². The van der Waals surface area contributed by atoms with Crippen LogP contribution in [0.5, 0.6) is 0 Å². The number of nitrogens with zero attached hydrogens (tertiary/aromatic N) is 1. The van der Waals surface area contributed by atoms with Gasteiger partial charge in [-0.25, -0.2) is 0 Å². The SMILES string of the molecule is c1ccc(-c2cccc3c2oc2c(N(c4ccc(-c5ccc6c(c5)oc5ccccc56)cc4)c4cccc(-c5cccc6ccccc56)c4)cccc23)cc1. The molecule has 0 N–H and O–H groups in total. The van der Waals surface area contributed by atoms with Crippen molar-refractivity contribution in [2.75, 3.05) is 4.90 Å². The van der Waals surface area contributed by atoms with Crippen LogP contribution >= 0.6 is 0 Å². The van der Waals surface area contributed by atoms with Gasteiger partial charge < -0.3 is 13.7 Å². The summed E-state index contributed by atoms with van der Waals surface area (Å²) in [6.45, 7) is 0. The molecule has 258 valence electrons. The van der Waals surface area contributed by atoms with Gasteiger partial charge in [-0.1, -0.05) is 152 Å². The first kappa shape index (κ1) is 31.2. The lowest BCUT2D eigenvalue weighted by Gasteiger charge is -2.26. The van der Waals surface area contributed by atoms with Crippen LogP contribution in [0, 0.1) is 0 Å². The second-order valence-corrected chi connectivity index (χ2v) is 14.1. The quantitative estimate of drug-likeness (QED) is 0.173. The van der Waals surface area contributed by atoms with Gasteiger partial charge in [-0.3, -0.25) is 0 Å². The molecule has 9 aromatic carbocycles. The van der Waals surface area contributed by atoms with Gasteiger partial charge in [0.2, 0.25) is 0 Å². The monoisotopic (exact) mass is 703 g/mol. The van der Waals surface area contributed by atoms with Gasteiger partial charge in [0, 0.05) is 38.5 Å². The highest BCUT2D eigenvalue weighted by molar-refractivity contribution is 6.14. The van der Waals surface area contributed by atoms with Gasteiger partial charge in [0.05, 0.1) is 5.69 Å². The molecule has 0 spiro atoms. The Bertz CT molecular complexity index is 3200. The first-order valence-corrected chi connectivity index (χ1v) is 18.7. The zero-order valence-electron chi connectivity index (χ0n) is 29.8. The molecule has 0 aliphatic carbocycles. The van der Waals surface area contributed by atoms with Crippen LogP contribution in [0.1, 0.15) is 0 Å². The zero-order chi connectivity index (χ0) is 36.3. The topological polar surface area (TPSA) is 29.5 Å². The molecule has 0 saturated heterocycles. The molecule has 0 bridgehead atoms. The van der Waals surface area contributed by atoms with Crippen LogP contribution in [0.3, 0.4) is 0 Å². The third kappa shape index (κ3) is 5.20. The molecule has 0 fully saturated rings. The van der Waals surface area contributed by atoms with Crippen molar-refractivity contribution in [3.05, 3.63) is 200 Å². The Hall–Kier alpha value is -7.36. The Morgan fingerprint density at radius 3 is 1.84 bits per heavy atom. The maximum absolute atomic E-state index is 6.97. The number of fused-ring (bicyclic) bond motifs is 7. The minimum Gasteiger partial charge on any atom is -0.456 e. The van der Waals surface area contributed by atoms with E-state index >= 15 is 0 Å². The molecule has 0 amide bonds. The summed E-state index contributed by atoms with van der Waals surface area (Å²) in [5.74, 6) is 0. The highest BCUT2D eigenvalue weighted by Gasteiger charge is 2.21. The van der Waals surface area contributed by atoms with Gasteiger partial charge in [0.1, 0.15) is 16.7 Å². The highest BCUT2D eigenvalue weighted by atomic mass is 16.3. The minimum atomic E-state index is 0.843. The smallest absolute Gasteiger partial charge is 0.159 e. The number of benzene rings is 9. The van der Waals surface area contributed by atoms with E-state index in [-0.39, 0.29) is 0 Å². The van der Waals surface area contributed by atoms with E-state index in [1.54, 1.807) is 0 Å². The third-order valence-electron chi connectivity index (χ3n) is 10.9. The number of hydrogen-bond donors (Lipinski definition) is 0. The van der Waals surface area contributed by atoms with Gasteiger partial charge in [-0.2, -0.15) is 0 Å². The van der Waals surface area contributed by atoms with Crippen LogP contribution in [-0.2, 0) is 0 Å². The van der Waals surface area contributed by atoms with Gasteiger partial charge >= 0.3 is 0 Å². The molecule has 0 saturated carbocycles. The minimum absolute atomic E-state index is 0.843. The van der Waals surface area contributed by atoms with Gasteiger partial charge in [-0.05, 0) is 87.1 Å². The second kappa shape index (κ2) is 12.6. The fraction of sp³-hybridized carbons (Fsp3) is 0. The number of hydrogen-bond acceptors (Lipinski definition) is 3. The van der Waals surface area contributed by atoms with Crippen molar-refractivity contribution in [1.29, 1.82) is 0 Å². The van der Waals surface area contributed by atoms with Crippen LogP contribution in [0.15, 0.2) is 209 Å². The normalized spacial score (nSPS) is 11.6. The lowest BCUT2D eigenvalue weighted by atomic mass is 9.97. The largest absolute Gasteiger partial charge is 0.456 e. The first-order chi connectivity index (χ1) is 27.3. The van der Waals surface area contributed by atoms with E-state index in [0.29, 0.717) is 0 Å². The van der Waals surface area contributed by atoms with E-state index in [4.69, 9.17) is 8.83 Å². The summed E-state index contributed by atoms with van der Waals surface area (Å²) in [5.41, 5.74) is 13.3. The average molecular weight is 704 g/mol. The predicted octanol–water partition coefficient (Wildman–Crippen LogP) is 15.1. The van der Waals surface area contributed by atoms with Crippen LogP contribution in [0.2, 0.25) is 0 Å². The first-order valence-electron chi connectivity index (χ1n) is 18.7. The molecule has 0 aliphatic heterocycles. The molecule has 3 heteroatoms. The van der Waals surface area contributed by atoms with Crippen molar-refractivity contribution in [1.82, 2.24) is 0 Å². The summed E-state index contributed by atoms with van der Waals surface area (Å²) in [4.78, 5) is 2.33. The molecule has 11 aromatic rings.